The SMILES string of the molecule is CC1(c2cccc(Br)c2)NC(=O)N(CC(=O)Nc2ccccc2C(F)(F)F)C1=O. The van der Waals surface area contributed by atoms with E-state index in [1.807, 2.05) is 0 Å². The molecule has 0 aromatic heterocycles. The van der Waals surface area contributed by atoms with E-state index in [1.165, 1.54) is 19.1 Å². The van der Waals surface area contributed by atoms with Crippen LogP contribution >= 0.6 is 15.9 Å². The zero-order chi connectivity index (χ0) is 21.4. The molecular formula is C19H15BrF3N3O3. The summed E-state index contributed by atoms with van der Waals surface area (Å²) < 4.78 is 39.9. The van der Waals surface area contributed by atoms with Gasteiger partial charge in [0.1, 0.15) is 12.1 Å². The van der Waals surface area contributed by atoms with E-state index in [0.717, 1.165) is 12.1 Å². The molecule has 0 bridgehead atoms. The normalized spacial score (nSPS) is 19.3. The molecule has 29 heavy (non-hydrogen) atoms. The van der Waals surface area contributed by atoms with Crippen molar-refractivity contribution in [3.05, 3.63) is 64.1 Å². The van der Waals surface area contributed by atoms with Crippen LogP contribution in [0.3, 0.4) is 0 Å². The van der Waals surface area contributed by atoms with Crippen molar-refractivity contribution in [2.24, 2.45) is 0 Å². The van der Waals surface area contributed by atoms with Crippen molar-refractivity contribution >= 4 is 39.5 Å². The third-order valence-corrected chi connectivity index (χ3v) is 4.98. The molecule has 0 spiro atoms. The van der Waals surface area contributed by atoms with Gasteiger partial charge in [-0.3, -0.25) is 14.5 Å². The van der Waals surface area contributed by atoms with Crippen LogP contribution in [0, 0.1) is 0 Å². The van der Waals surface area contributed by atoms with E-state index in [4.69, 9.17) is 0 Å². The minimum atomic E-state index is -4.66. The molecule has 1 aliphatic rings. The van der Waals surface area contributed by atoms with Gasteiger partial charge in [0.05, 0.1) is 11.3 Å². The highest BCUT2D eigenvalue weighted by Crippen LogP contribution is 2.35. The number of benzene rings is 2. The number of hydrogen-bond donors (Lipinski definition) is 2. The maximum atomic E-state index is 13.1. The first-order chi connectivity index (χ1) is 13.5. The predicted octanol–water partition coefficient (Wildman–Crippen LogP) is 3.87. The fraction of sp³-hybridized carbons (Fsp3) is 0.211. The van der Waals surface area contributed by atoms with Crippen LogP contribution in [0.5, 0.6) is 0 Å². The quantitative estimate of drug-likeness (QED) is 0.667. The third-order valence-electron chi connectivity index (χ3n) is 4.49. The highest BCUT2D eigenvalue weighted by Gasteiger charge is 2.49. The molecule has 0 saturated carbocycles. The molecule has 10 heteroatoms. The zero-order valence-corrected chi connectivity index (χ0v) is 16.6. The van der Waals surface area contributed by atoms with E-state index in [1.54, 1.807) is 24.3 Å². The number of imide groups is 1. The lowest BCUT2D eigenvalue weighted by molar-refractivity contribution is -0.137. The number of alkyl halides is 3. The lowest BCUT2D eigenvalue weighted by Crippen LogP contribution is -2.42. The largest absolute Gasteiger partial charge is 0.418 e. The number of hydrogen-bond acceptors (Lipinski definition) is 3. The topological polar surface area (TPSA) is 78.5 Å². The number of para-hydroxylation sites is 1. The molecule has 1 saturated heterocycles. The van der Waals surface area contributed by atoms with Gasteiger partial charge in [-0.1, -0.05) is 40.2 Å². The number of halogens is 4. The number of carbonyl (C=O) groups is 3. The lowest BCUT2D eigenvalue weighted by atomic mass is 9.92. The van der Waals surface area contributed by atoms with E-state index >= 15 is 0 Å². The minimum Gasteiger partial charge on any atom is -0.324 e. The molecule has 4 amide bonds. The number of anilines is 1. The standard InChI is InChI=1S/C19H15BrF3N3O3/c1-18(11-5-4-6-12(20)9-11)16(28)26(17(29)25-18)10-15(27)24-14-8-3-2-7-13(14)19(21,22)23/h2-9H,10H2,1H3,(H,24,27)(H,25,29). The van der Waals surface area contributed by atoms with Crippen LogP contribution in [0.1, 0.15) is 18.1 Å². The van der Waals surface area contributed by atoms with Crippen LogP contribution in [0.4, 0.5) is 23.7 Å². The Kier molecular flexibility index (Phi) is 5.40. The van der Waals surface area contributed by atoms with Gasteiger partial charge in [0.25, 0.3) is 5.91 Å². The summed E-state index contributed by atoms with van der Waals surface area (Å²) in [5, 5.41) is 4.66. The summed E-state index contributed by atoms with van der Waals surface area (Å²) in [5.74, 6) is -1.61. The minimum absolute atomic E-state index is 0.452. The van der Waals surface area contributed by atoms with Crippen LogP contribution in [0.2, 0.25) is 0 Å². The molecule has 152 valence electrons. The van der Waals surface area contributed by atoms with Gasteiger partial charge < -0.3 is 10.6 Å². The Morgan fingerprint density at radius 1 is 1.17 bits per heavy atom. The van der Waals surface area contributed by atoms with Gasteiger partial charge in [-0.25, -0.2) is 4.79 Å². The van der Waals surface area contributed by atoms with Crippen LogP contribution in [0.15, 0.2) is 53.0 Å². The second kappa shape index (κ2) is 7.51. The van der Waals surface area contributed by atoms with Crippen molar-refractivity contribution < 1.29 is 27.6 Å². The smallest absolute Gasteiger partial charge is 0.324 e. The van der Waals surface area contributed by atoms with Gasteiger partial charge >= 0.3 is 12.2 Å². The summed E-state index contributed by atoms with van der Waals surface area (Å²) in [6.45, 7) is 0.770. The number of amides is 4. The van der Waals surface area contributed by atoms with Crippen molar-refractivity contribution in [2.75, 3.05) is 11.9 Å². The molecule has 1 unspecified atom stereocenters. The second-order valence-electron chi connectivity index (χ2n) is 6.55. The van der Waals surface area contributed by atoms with Crippen molar-refractivity contribution in [2.45, 2.75) is 18.6 Å². The van der Waals surface area contributed by atoms with E-state index in [-0.39, 0.29) is 0 Å². The Morgan fingerprint density at radius 3 is 2.52 bits per heavy atom. The summed E-state index contributed by atoms with van der Waals surface area (Å²) in [6.07, 6.45) is -4.66. The molecule has 1 fully saturated rings. The molecule has 0 aliphatic carbocycles. The van der Waals surface area contributed by atoms with Crippen molar-refractivity contribution in [1.82, 2.24) is 10.2 Å². The second-order valence-corrected chi connectivity index (χ2v) is 7.46. The maximum Gasteiger partial charge on any atom is 0.418 e. The molecular weight excluding hydrogens is 455 g/mol. The molecule has 2 aromatic rings. The number of nitrogens with one attached hydrogen (secondary N) is 2. The van der Waals surface area contributed by atoms with Crippen LogP contribution in [0.25, 0.3) is 0 Å². The Bertz CT molecular complexity index is 996. The highest BCUT2D eigenvalue weighted by atomic mass is 79.9. The van der Waals surface area contributed by atoms with Crippen molar-refractivity contribution in [3.63, 3.8) is 0 Å². The third kappa shape index (κ3) is 4.12. The van der Waals surface area contributed by atoms with E-state index in [9.17, 15) is 27.6 Å². The Hall–Kier alpha value is -2.88. The molecule has 1 aliphatic heterocycles. The van der Waals surface area contributed by atoms with Crippen LogP contribution < -0.4 is 10.6 Å². The number of carbonyl (C=O) groups excluding carboxylic acids is 3. The summed E-state index contributed by atoms with van der Waals surface area (Å²) >= 11 is 3.29. The molecule has 2 N–H and O–H groups in total. The van der Waals surface area contributed by atoms with Crippen LogP contribution in [-0.4, -0.2) is 29.3 Å². The number of rotatable bonds is 4. The first-order valence-corrected chi connectivity index (χ1v) is 9.18. The Morgan fingerprint density at radius 2 is 1.86 bits per heavy atom. The van der Waals surface area contributed by atoms with E-state index < -0.39 is 47.4 Å². The van der Waals surface area contributed by atoms with Crippen molar-refractivity contribution in [3.8, 4) is 0 Å². The summed E-state index contributed by atoms with van der Waals surface area (Å²) in [7, 11) is 0. The van der Waals surface area contributed by atoms with E-state index in [0.29, 0.717) is 14.9 Å². The van der Waals surface area contributed by atoms with Gasteiger partial charge in [0.2, 0.25) is 5.91 Å². The van der Waals surface area contributed by atoms with Crippen molar-refractivity contribution in [1.29, 1.82) is 0 Å². The summed E-state index contributed by atoms with van der Waals surface area (Å²) in [6, 6.07) is 10.4. The maximum absolute atomic E-state index is 13.1. The van der Waals surface area contributed by atoms with Crippen LogP contribution in [-0.2, 0) is 21.3 Å². The fourth-order valence-corrected chi connectivity index (χ4v) is 3.41. The van der Waals surface area contributed by atoms with E-state index in [2.05, 4.69) is 26.6 Å². The molecule has 6 nitrogen and oxygen atoms in total. The number of urea groups is 1. The van der Waals surface area contributed by atoms with Gasteiger partial charge in [-0.2, -0.15) is 13.2 Å². The first kappa shape index (κ1) is 20.8. The van der Waals surface area contributed by atoms with Gasteiger partial charge in [-0.05, 0) is 36.8 Å². The average Bonchev–Trinajstić information content (AvgIpc) is 2.85. The van der Waals surface area contributed by atoms with Gasteiger partial charge in [-0.15, -0.1) is 0 Å². The Balaban J connectivity index is 1.78. The molecule has 1 atom stereocenters. The fourth-order valence-electron chi connectivity index (χ4n) is 3.01. The molecule has 3 rings (SSSR count). The highest BCUT2D eigenvalue weighted by molar-refractivity contribution is 9.10. The summed E-state index contributed by atoms with van der Waals surface area (Å²) in [4.78, 5) is 38.1. The Labute approximate surface area is 172 Å². The number of nitrogens with zero attached hydrogens (tertiary/aromatic N) is 1. The molecule has 1 heterocycles. The summed E-state index contributed by atoms with van der Waals surface area (Å²) in [5.41, 5.74) is -2.38. The van der Waals surface area contributed by atoms with Gasteiger partial charge in [0, 0.05) is 4.47 Å². The molecule has 2 aromatic carbocycles. The van der Waals surface area contributed by atoms with Gasteiger partial charge in [0.15, 0.2) is 0 Å². The lowest BCUT2D eigenvalue weighted by Gasteiger charge is -2.22. The zero-order valence-electron chi connectivity index (χ0n) is 15.0. The average molecular weight is 470 g/mol. The first-order valence-electron chi connectivity index (χ1n) is 8.38. The molecule has 0 radical (unpaired) electrons. The monoisotopic (exact) mass is 469 g/mol. The predicted molar refractivity (Wildman–Crippen MR) is 102 cm³/mol.